The maximum Gasteiger partial charge on any atom is 0.249 e. The zero-order valence-electron chi connectivity index (χ0n) is 16.3. The molecular formula is C18H18N8O6. The number of nitrogens with zero attached hydrogens (tertiary/aromatic N) is 5. The van der Waals surface area contributed by atoms with Crippen LogP contribution >= 0.6 is 0 Å². The van der Waals surface area contributed by atoms with Gasteiger partial charge in [-0.3, -0.25) is 9.36 Å². The van der Waals surface area contributed by atoms with Crippen molar-refractivity contribution in [3.05, 3.63) is 30.1 Å². The van der Waals surface area contributed by atoms with Crippen molar-refractivity contribution in [2.45, 2.75) is 24.5 Å². The van der Waals surface area contributed by atoms with Crippen LogP contribution in [-0.2, 0) is 9.53 Å². The molecule has 2 aliphatic heterocycles. The third-order valence-corrected chi connectivity index (χ3v) is 5.04. The lowest BCUT2D eigenvalue weighted by molar-refractivity contribution is -0.134. The van der Waals surface area contributed by atoms with E-state index in [2.05, 4.69) is 25.5 Å². The number of benzene rings is 1. The number of amides is 1. The number of hydrogen-bond acceptors (Lipinski definition) is 12. The van der Waals surface area contributed by atoms with Crippen LogP contribution in [0.5, 0.6) is 11.5 Å². The molecular weight excluding hydrogens is 424 g/mol. The van der Waals surface area contributed by atoms with Crippen molar-refractivity contribution in [3.8, 4) is 11.5 Å². The predicted octanol–water partition coefficient (Wildman–Crippen LogP) is -1.31. The number of aromatic nitrogens is 4. The van der Waals surface area contributed by atoms with Gasteiger partial charge >= 0.3 is 0 Å². The van der Waals surface area contributed by atoms with Crippen molar-refractivity contribution in [3.63, 3.8) is 0 Å². The highest BCUT2D eigenvalue weighted by atomic mass is 16.7. The SMILES string of the molecule is NC(=O)[C@H]1O[C@@H](n2cnc3c(N)nc(N/N=C/c4cccc5c4OCO5)nc32)[C@H](O)[C@@H]1O. The van der Waals surface area contributed by atoms with Gasteiger partial charge in [0, 0.05) is 5.56 Å². The molecule has 14 heteroatoms. The van der Waals surface area contributed by atoms with Gasteiger partial charge in [-0.1, -0.05) is 6.07 Å². The van der Waals surface area contributed by atoms with E-state index >= 15 is 0 Å². The predicted molar refractivity (Wildman–Crippen MR) is 109 cm³/mol. The van der Waals surface area contributed by atoms with E-state index in [1.165, 1.54) is 17.1 Å². The van der Waals surface area contributed by atoms with E-state index in [0.717, 1.165) is 0 Å². The maximum absolute atomic E-state index is 11.5. The van der Waals surface area contributed by atoms with Crippen LogP contribution in [0.25, 0.3) is 11.2 Å². The number of carbonyl (C=O) groups is 1. The van der Waals surface area contributed by atoms with E-state index in [1.54, 1.807) is 18.2 Å². The summed E-state index contributed by atoms with van der Waals surface area (Å²) in [5, 5.41) is 24.5. The number of nitrogen functional groups attached to an aromatic ring is 1. The summed E-state index contributed by atoms with van der Waals surface area (Å²) in [5.74, 6) is 0.366. The fraction of sp³-hybridized carbons (Fsp3) is 0.278. The lowest BCUT2D eigenvalue weighted by Gasteiger charge is -2.16. The number of hydrazone groups is 1. The Bertz CT molecular complexity index is 1230. The molecule has 0 radical (unpaired) electrons. The molecule has 5 rings (SSSR count). The highest BCUT2D eigenvalue weighted by molar-refractivity contribution is 5.86. The van der Waals surface area contributed by atoms with Gasteiger partial charge in [0.2, 0.25) is 18.6 Å². The van der Waals surface area contributed by atoms with Crippen molar-refractivity contribution in [2.75, 3.05) is 18.0 Å². The molecule has 3 aromatic rings. The van der Waals surface area contributed by atoms with Crippen molar-refractivity contribution >= 4 is 35.1 Å². The van der Waals surface area contributed by atoms with Crippen LogP contribution in [-0.4, -0.2) is 67.0 Å². The minimum absolute atomic E-state index is 0.0391. The third kappa shape index (κ3) is 3.22. The highest BCUT2D eigenvalue weighted by Crippen LogP contribution is 2.34. The summed E-state index contributed by atoms with van der Waals surface area (Å²) in [4.78, 5) is 24.0. The number of ether oxygens (including phenoxy) is 3. The van der Waals surface area contributed by atoms with Gasteiger partial charge in [0.25, 0.3) is 0 Å². The monoisotopic (exact) mass is 442 g/mol. The standard InChI is InChI=1S/C18H18N8O6/c19-14-9-16(26(5-21-9)17-11(28)10(27)13(32-17)15(20)29)24-18(23-14)25-22-4-7-2-1-3-8-12(7)31-6-30-8/h1-5,10-11,13,17,27-28H,6H2,(H2,20,29)(H3,19,23,24,25)/b22-4+/t10-,11+,13-,17+/m0/s1. The molecule has 7 N–H and O–H groups in total. The zero-order chi connectivity index (χ0) is 22.4. The van der Waals surface area contributed by atoms with E-state index in [0.29, 0.717) is 17.1 Å². The minimum atomic E-state index is -1.50. The molecule has 1 aromatic carbocycles. The van der Waals surface area contributed by atoms with Crippen LogP contribution in [0.1, 0.15) is 11.8 Å². The van der Waals surface area contributed by atoms with Crippen molar-refractivity contribution < 1.29 is 29.2 Å². The first-order valence-corrected chi connectivity index (χ1v) is 9.42. The van der Waals surface area contributed by atoms with Gasteiger partial charge < -0.3 is 35.9 Å². The molecule has 4 atom stereocenters. The van der Waals surface area contributed by atoms with Crippen LogP contribution in [0.4, 0.5) is 11.8 Å². The Hall–Kier alpha value is -4.01. The van der Waals surface area contributed by atoms with Crippen molar-refractivity contribution in [2.24, 2.45) is 10.8 Å². The number of nitrogens with two attached hydrogens (primary N) is 2. The Morgan fingerprint density at radius 1 is 1.28 bits per heavy atom. The summed E-state index contributed by atoms with van der Waals surface area (Å²) in [6.07, 6.45) is -2.69. The van der Waals surface area contributed by atoms with E-state index in [9.17, 15) is 15.0 Å². The fourth-order valence-electron chi connectivity index (χ4n) is 3.51. The largest absolute Gasteiger partial charge is 0.454 e. The van der Waals surface area contributed by atoms with Gasteiger partial charge in [-0.25, -0.2) is 10.4 Å². The molecule has 1 amide bonds. The smallest absolute Gasteiger partial charge is 0.249 e. The molecule has 2 aromatic heterocycles. The van der Waals surface area contributed by atoms with Crippen LogP contribution in [0.2, 0.25) is 0 Å². The van der Waals surface area contributed by atoms with Crippen LogP contribution in [0.15, 0.2) is 29.6 Å². The molecule has 166 valence electrons. The second kappa shape index (κ2) is 7.60. The molecule has 1 fully saturated rings. The molecule has 0 aliphatic carbocycles. The number of fused-ring (bicyclic) bond motifs is 2. The summed E-state index contributed by atoms with van der Waals surface area (Å²) in [7, 11) is 0. The normalized spacial score (nSPS) is 24.4. The average Bonchev–Trinajstić information content (AvgIpc) is 3.47. The van der Waals surface area contributed by atoms with Crippen molar-refractivity contribution in [1.29, 1.82) is 0 Å². The van der Waals surface area contributed by atoms with E-state index in [-0.39, 0.29) is 29.7 Å². The fourth-order valence-corrected chi connectivity index (χ4v) is 3.51. The van der Waals surface area contributed by atoms with Crippen LogP contribution in [0, 0.1) is 0 Å². The molecule has 32 heavy (non-hydrogen) atoms. The van der Waals surface area contributed by atoms with Crippen molar-refractivity contribution in [1.82, 2.24) is 19.5 Å². The summed E-state index contributed by atoms with van der Waals surface area (Å²) >= 11 is 0. The molecule has 14 nitrogen and oxygen atoms in total. The van der Waals surface area contributed by atoms with E-state index in [4.69, 9.17) is 25.7 Å². The summed E-state index contributed by atoms with van der Waals surface area (Å²) < 4.78 is 17.5. The Morgan fingerprint density at radius 2 is 2.12 bits per heavy atom. The molecule has 1 saturated heterocycles. The van der Waals surface area contributed by atoms with E-state index < -0.39 is 30.4 Å². The number of rotatable bonds is 5. The average molecular weight is 442 g/mol. The number of primary amides is 1. The Labute approximate surface area is 179 Å². The number of aliphatic hydroxyl groups is 2. The minimum Gasteiger partial charge on any atom is -0.454 e. The maximum atomic E-state index is 11.5. The van der Waals surface area contributed by atoms with E-state index in [1.807, 2.05) is 0 Å². The van der Waals surface area contributed by atoms with Crippen LogP contribution < -0.4 is 26.4 Å². The first-order valence-electron chi connectivity index (χ1n) is 9.42. The number of imidazole rings is 1. The summed E-state index contributed by atoms with van der Waals surface area (Å²) in [6.45, 7) is 0.133. The molecule has 4 heterocycles. The molecule has 2 aliphatic rings. The Balaban J connectivity index is 1.43. The first kappa shape index (κ1) is 19.9. The topological polar surface area (TPSA) is 205 Å². The van der Waals surface area contributed by atoms with Gasteiger partial charge in [0.15, 0.2) is 35.3 Å². The Morgan fingerprint density at radius 3 is 2.91 bits per heavy atom. The summed E-state index contributed by atoms with van der Waals surface area (Å²) in [5.41, 5.74) is 15.0. The number of nitrogens with one attached hydrogen (secondary N) is 1. The van der Waals surface area contributed by atoms with Crippen LogP contribution in [0.3, 0.4) is 0 Å². The molecule has 0 unspecified atom stereocenters. The second-order valence-corrected chi connectivity index (χ2v) is 7.04. The lowest BCUT2D eigenvalue weighted by Crippen LogP contribution is -2.39. The third-order valence-electron chi connectivity index (χ3n) is 5.04. The number of anilines is 2. The highest BCUT2D eigenvalue weighted by Gasteiger charge is 2.47. The van der Waals surface area contributed by atoms with Gasteiger partial charge in [-0.15, -0.1) is 0 Å². The quantitative estimate of drug-likeness (QED) is 0.231. The summed E-state index contributed by atoms with van der Waals surface area (Å²) in [6, 6.07) is 5.38. The first-order chi connectivity index (χ1) is 15.4. The van der Waals surface area contributed by atoms with Gasteiger partial charge in [-0.05, 0) is 12.1 Å². The Kier molecular flexibility index (Phi) is 4.73. The number of hydrogen-bond donors (Lipinski definition) is 5. The molecule has 0 saturated carbocycles. The number of carbonyl (C=O) groups excluding carboxylic acids is 1. The molecule has 0 spiro atoms. The number of aliphatic hydroxyl groups excluding tert-OH is 2. The number of para-hydroxylation sites is 1. The van der Waals surface area contributed by atoms with Gasteiger partial charge in [-0.2, -0.15) is 15.1 Å². The zero-order valence-corrected chi connectivity index (χ0v) is 16.3. The second-order valence-electron chi connectivity index (χ2n) is 7.04. The van der Waals surface area contributed by atoms with Gasteiger partial charge in [0.05, 0.1) is 12.5 Å². The lowest BCUT2D eigenvalue weighted by atomic mass is 10.1. The van der Waals surface area contributed by atoms with Gasteiger partial charge in [0.1, 0.15) is 17.7 Å². The molecule has 0 bridgehead atoms.